The van der Waals surface area contributed by atoms with Gasteiger partial charge in [0.05, 0.1) is 0 Å². The Morgan fingerprint density at radius 2 is 2.11 bits per heavy atom. The molecule has 102 valence electrons. The summed E-state index contributed by atoms with van der Waals surface area (Å²) < 4.78 is 14.8. The molecule has 2 atom stereocenters. The van der Waals surface area contributed by atoms with Gasteiger partial charge in [-0.3, -0.25) is 0 Å². The van der Waals surface area contributed by atoms with Crippen LogP contribution >= 0.6 is 27.7 Å². The fourth-order valence-corrected chi connectivity index (χ4v) is 3.10. The maximum absolute atomic E-state index is 13.9. The zero-order valence-corrected chi connectivity index (χ0v) is 13.6. The lowest BCUT2D eigenvalue weighted by Crippen LogP contribution is -2.24. The minimum atomic E-state index is -0.131. The minimum absolute atomic E-state index is 0.0755. The summed E-state index contributed by atoms with van der Waals surface area (Å²) in [6, 6.07) is 5.22. The molecule has 0 bridgehead atoms. The van der Waals surface area contributed by atoms with Crippen LogP contribution in [0.2, 0.25) is 0 Å². The molecule has 0 fully saturated rings. The van der Waals surface area contributed by atoms with Gasteiger partial charge in [-0.05, 0) is 31.2 Å². The molecule has 0 radical (unpaired) electrons. The van der Waals surface area contributed by atoms with Gasteiger partial charge in [0.25, 0.3) is 0 Å². The average molecular weight is 334 g/mol. The smallest absolute Gasteiger partial charge is 0.128 e. The second-order valence-corrected chi connectivity index (χ2v) is 6.72. The lowest BCUT2D eigenvalue weighted by atomic mass is 10.1. The van der Waals surface area contributed by atoms with Gasteiger partial charge in [0.1, 0.15) is 5.82 Å². The van der Waals surface area contributed by atoms with Crippen molar-refractivity contribution >= 4 is 27.7 Å². The van der Waals surface area contributed by atoms with E-state index in [9.17, 15) is 4.39 Å². The summed E-state index contributed by atoms with van der Waals surface area (Å²) in [5, 5.41) is 3.98. The van der Waals surface area contributed by atoms with Crippen LogP contribution in [0.3, 0.4) is 0 Å². The molecule has 0 aromatic heterocycles. The van der Waals surface area contributed by atoms with E-state index in [0.717, 1.165) is 28.8 Å². The van der Waals surface area contributed by atoms with Gasteiger partial charge in [0.2, 0.25) is 0 Å². The first kappa shape index (κ1) is 16.0. The van der Waals surface area contributed by atoms with Gasteiger partial charge >= 0.3 is 0 Å². The van der Waals surface area contributed by atoms with Crippen molar-refractivity contribution in [3.63, 3.8) is 0 Å². The van der Waals surface area contributed by atoms with Crippen LogP contribution in [0.25, 0.3) is 0 Å². The van der Waals surface area contributed by atoms with E-state index >= 15 is 0 Å². The minimum Gasteiger partial charge on any atom is -0.309 e. The first-order valence-corrected chi connectivity index (χ1v) is 8.22. The molecule has 0 spiro atoms. The molecular weight excluding hydrogens is 313 g/mol. The van der Waals surface area contributed by atoms with Gasteiger partial charge in [0.15, 0.2) is 0 Å². The Kier molecular flexibility index (Phi) is 7.27. The van der Waals surface area contributed by atoms with Gasteiger partial charge in [-0.1, -0.05) is 36.7 Å². The number of hydrogen-bond acceptors (Lipinski definition) is 2. The van der Waals surface area contributed by atoms with Gasteiger partial charge in [0, 0.05) is 27.1 Å². The quantitative estimate of drug-likeness (QED) is 0.771. The van der Waals surface area contributed by atoms with Crippen molar-refractivity contribution in [3.8, 4) is 0 Å². The van der Waals surface area contributed by atoms with Crippen LogP contribution in [0.5, 0.6) is 0 Å². The Morgan fingerprint density at radius 3 is 2.72 bits per heavy atom. The topological polar surface area (TPSA) is 12.0 Å². The summed E-state index contributed by atoms with van der Waals surface area (Å²) in [7, 11) is 0. The number of halogens is 2. The highest BCUT2D eigenvalue weighted by molar-refractivity contribution is 9.10. The third-order valence-electron chi connectivity index (χ3n) is 2.91. The Morgan fingerprint density at radius 1 is 1.39 bits per heavy atom. The van der Waals surface area contributed by atoms with Crippen molar-refractivity contribution in [2.75, 3.05) is 12.3 Å². The van der Waals surface area contributed by atoms with E-state index < -0.39 is 0 Å². The van der Waals surface area contributed by atoms with Crippen molar-refractivity contribution in [1.82, 2.24) is 5.32 Å². The predicted molar refractivity (Wildman–Crippen MR) is 82.7 cm³/mol. The van der Waals surface area contributed by atoms with Gasteiger partial charge < -0.3 is 5.32 Å². The van der Waals surface area contributed by atoms with E-state index in [1.54, 1.807) is 6.07 Å². The maximum atomic E-state index is 13.9. The summed E-state index contributed by atoms with van der Waals surface area (Å²) in [4.78, 5) is 0. The van der Waals surface area contributed by atoms with Crippen molar-refractivity contribution in [2.45, 2.75) is 38.5 Å². The SMILES string of the molecule is CCNC(CSC(C)CC)c1cc(Br)ccc1F. The molecule has 0 heterocycles. The zero-order chi connectivity index (χ0) is 13.5. The lowest BCUT2D eigenvalue weighted by Gasteiger charge is -2.20. The highest BCUT2D eigenvalue weighted by Gasteiger charge is 2.16. The molecule has 0 aliphatic heterocycles. The van der Waals surface area contributed by atoms with Crippen LogP contribution in [-0.4, -0.2) is 17.5 Å². The van der Waals surface area contributed by atoms with Crippen molar-refractivity contribution in [2.24, 2.45) is 0 Å². The molecule has 1 aromatic rings. The number of hydrogen-bond donors (Lipinski definition) is 1. The standard InChI is InChI=1S/C14H21BrFNS/c1-4-10(3)18-9-14(17-5-2)12-8-11(15)6-7-13(12)16/h6-8,10,14,17H,4-5,9H2,1-3H3. The molecule has 0 aliphatic carbocycles. The molecule has 1 N–H and O–H groups in total. The number of nitrogens with one attached hydrogen (secondary N) is 1. The number of rotatable bonds is 7. The molecule has 1 nitrogen and oxygen atoms in total. The van der Waals surface area contributed by atoms with E-state index in [1.165, 1.54) is 6.07 Å². The van der Waals surface area contributed by atoms with E-state index in [4.69, 9.17) is 0 Å². The van der Waals surface area contributed by atoms with Gasteiger partial charge in [-0.25, -0.2) is 4.39 Å². The molecule has 0 saturated heterocycles. The fourth-order valence-electron chi connectivity index (χ4n) is 1.67. The summed E-state index contributed by atoms with van der Waals surface area (Å²) in [6.07, 6.45) is 1.14. The fraction of sp³-hybridized carbons (Fsp3) is 0.571. The molecule has 1 aromatic carbocycles. The highest BCUT2D eigenvalue weighted by Crippen LogP contribution is 2.26. The molecule has 0 aliphatic rings. The van der Waals surface area contributed by atoms with Crippen LogP contribution < -0.4 is 5.32 Å². The summed E-state index contributed by atoms with van der Waals surface area (Å²) in [5.41, 5.74) is 0.752. The Bertz CT molecular complexity index is 373. The molecule has 1 rings (SSSR count). The van der Waals surface area contributed by atoms with Crippen molar-refractivity contribution in [1.29, 1.82) is 0 Å². The molecule has 2 unspecified atom stereocenters. The highest BCUT2D eigenvalue weighted by atomic mass is 79.9. The van der Waals surface area contributed by atoms with E-state index in [2.05, 4.69) is 42.0 Å². The average Bonchev–Trinajstić information content (AvgIpc) is 2.37. The zero-order valence-electron chi connectivity index (χ0n) is 11.2. The van der Waals surface area contributed by atoms with Crippen molar-refractivity contribution < 1.29 is 4.39 Å². The predicted octanol–water partition coefficient (Wildman–Crippen LogP) is 4.77. The van der Waals surface area contributed by atoms with Crippen LogP contribution in [0.15, 0.2) is 22.7 Å². The lowest BCUT2D eigenvalue weighted by molar-refractivity contribution is 0.544. The largest absolute Gasteiger partial charge is 0.309 e. The molecular formula is C14H21BrFNS. The summed E-state index contributed by atoms with van der Waals surface area (Å²) >= 11 is 5.30. The second kappa shape index (κ2) is 8.18. The monoisotopic (exact) mass is 333 g/mol. The third kappa shape index (κ3) is 4.90. The Labute approximate surface area is 122 Å². The van der Waals surface area contributed by atoms with E-state index in [0.29, 0.717) is 5.25 Å². The maximum Gasteiger partial charge on any atom is 0.128 e. The van der Waals surface area contributed by atoms with Crippen LogP contribution in [0.4, 0.5) is 4.39 Å². The summed E-state index contributed by atoms with van der Waals surface area (Å²) in [5.74, 6) is 0.768. The van der Waals surface area contributed by atoms with Crippen LogP contribution in [0, 0.1) is 5.82 Å². The van der Waals surface area contributed by atoms with Gasteiger partial charge in [-0.2, -0.15) is 11.8 Å². The van der Waals surface area contributed by atoms with E-state index in [1.807, 2.05) is 17.8 Å². The van der Waals surface area contributed by atoms with Crippen molar-refractivity contribution in [3.05, 3.63) is 34.1 Å². The third-order valence-corrected chi connectivity index (χ3v) is 4.83. The van der Waals surface area contributed by atoms with Crippen LogP contribution in [0.1, 0.15) is 38.8 Å². The van der Waals surface area contributed by atoms with Crippen LogP contribution in [-0.2, 0) is 0 Å². The molecule has 0 saturated carbocycles. The Balaban J connectivity index is 2.79. The molecule has 0 amide bonds. The summed E-state index contributed by atoms with van der Waals surface area (Å²) in [6.45, 7) is 7.29. The van der Waals surface area contributed by atoms with Gasteiger partial charge in [-0.15, -0.1) is 0 Å². The Hall–Kier alpha value is -0.0600. The number of benzene rings is 1. The van der Waals surface area contributed by atoms with E-state index in [-0.39, 0.29) is 11.9 Å². The first-order chi connectivity index (χ1) is 8.58. The first-order valence-electron chi connectivity index (χ1n) is 6.38. The number of thioether (sulfide) groups is 1. The molecule has 18 heavy (non-hydrogen) atoms. The second-order valence-electron chi connectivity index (χ2n) is 4.33. The molecule has 4 heteroatoms. The normalized spacial score (nSPS) is 14.5.